The van der Waals surface area contributed by atoms with E-state index in [2.05, 4.69) is 15.7 Å². The van der Waals surface area contributed by atoms with Gasteiger partial charge < -0.3 is 16.0 Å². The monoisotopic (exact) mass is 374 g/mol. The van der Waals surface area contributed by atoms with Gasteiger partial charge in [0.05, 0.1) is 17.8 Å². The van der Waals surface area contributed by atoms with Crippen LogP contribution in [0.4, 0.5) is 5.69 Å². The van der Waals surface area contributed by atoms with E-state index < -0.39 is 5.91 Å². The van der Waals surface area contributed by atoms with Crippen molar-refractivity contribution in [2.24, 2.45) is 5.73 Å². The molecule has 2 heterocycles. The molecule has 5 nitrogen and oxygen atoms in total. The maximum absolute atomic E-state index is 11.6. The van der Waals surface area contributed by atoms with Gasteiger partial charge in [0, 0.05) is 38.8 Å². The number of amides is 1. The van der Waals surface area contributed by atoms with Crippen molar-refractivity contribution in [3.63, 3.8) is 0 Å². The van der Waals surface area contributed by atoms with E-state index in [1.165, 1.54) is 0 Å². The van der Waals surface area contributed by atoms with Gasteiger partial charge >= 0.3 is 0 Å². The second-order valence-corrected chi connectivity index (χ2v) is 7.26. The number of rotatable bonds is 5. The molecule has 4 aromatic rings. The summed E-state index contributed by atoms with van der Waals surface area (Å²) in [6.07, 6.45) is 3.84. The van der Waals surface area contributed by atoms with E-state index in [4.69, 9.17) is 11.5 Å². The number of nitrogens with zero attached hydrogens (tertiary/aromatic N) is 2. The van der Waals surface area contributed by atoms with E-state index in [0.717, 1.165) is 32.1 Å². The number of para-hydroxylation sites is 1. The second-order valence-electron chi connectivity index (χ2n) is 6.18. The first-order valence-electron chi connectivity index (χ1n) is 8.47. The smallest absolute Gasteiger partial charge is 0.248 e. The highest BCUT2D eigenvalue weighted by atomic mass is 32.2. The predicted octanol–water partition coefficient (Wildman–Crippen LogP) is 3.92. The number of hydrogen-bond acceptors (Lipinski definition) is 4. The van der Waals surface area contributed by atoms with Crippen LogP contribution >= 0.6 is 11.8 Å². The van der Waals surface area contributed by atoms with Gasteiger partial charge in [0.25, 0.3) is 0 Å². The fraction of sp³-hybridized carbons (Fsp3) is 0.0476. The molecule has 0 saturated heterocycles. The van der Waals surface area contributed by atoms with Gasteiger partial charge in [-0.15, -0.1) is 0 Å². The fourth-order valence-electron chi connectivity index (χ4n) is 2.98. The lowest BCUT2D eigenvalue weighted by Gasteiger charge is -2.05. The van der Waals surface area contributed by atoms with Gasteiger partial charge in [0.2, 0.25) is 5.91 Å². The molecule has 0 atom stereocenters. The van der Waals surface area contributed by atoms with E-state index >= 15 is 0 Å². The van der Waals surface area contributed by atoms with Crippen molar-refractivity contribution in [3.8, 4) is 0 Å². The van der Waals surface area contributed by atoms with Crippen molar-refractivity contribution in [3.05, 3.63) is 84.3 Å². The van der Waals surface area contributed by atoms with Crippen LogP contribution in [-0.2, 0) is 6.54 Å². The number of nitrogen functional groups attached to an aromatic ring is 1. The van der Waals surface area contributed by atoms with Gasteiger partial charge in [-0.2, -0.15) is 0 Å². The van der Waals surface area contributed by atoms with Gasteiger partial charge in [-0.1, -0.05) is 36.0 Å². The number of fused-ring (bicyclic) bond motifs is 1. The molecular formula is C21H18N4OS. The average Bonchev–Trinajstić information content (AvgIpc) is 3.01. The molecular weight excluding hydrogens is 356 g/mol. The summed E-state index contributed by atoms with van der Waals surface area (Å²) in [5, 5.41) is 1.05. The molecule has 0 spiro atoms. The highest BCUT2D eigenvalue weighted by molar-refractivity contribution is 7.99. The molecule has 0 aliphatic rings. The summed E-state index contributed by atoms with van der Waals surface area (Å²) in [6.45, 7) is 0.602. The molecule has 0 bridgehead atoms. The average molecular weight is 374 g/mol. The van der Waals surface area contributed by atoms with Crippen LogP contribution in [0, 0.1) is 0 Å². The van der Waals surface area contributed by atoms with Crippen LogP contribution in [0.1, 0.15) is 16.1 Å². The zero-order valence-electron chi connectivity index (χ0n) is 14.5. The number of aromatic nitrogens is 2. The molecule has 1 amide bonds. The highest BCUT2D eigenvalue weighted by Crippen LogP contribution is 2.38. The standard InChI is InChI=1S/C21H18N4OS/c22-17-6-1-2-7-19(17)27-20-13-25(12-15-5-3-4-10-24-15)18-11-14(21(23)26)8-9-16(18)20/h1-11,13H,12,22H2,(H2,23,26). The van der Waals surface area contributed by atoms with Crippen molar-refractivity contribution < 1.29 is 4.79 Å². The van der Waals surface area contributed by atoms with Crippen molar-refractivity contribution in [2.75, 3.05) is 5.73 Å². The quantitative estimate of drug-likeness (QED) is 0.518. The number of hydrogen-bond donors (Lipinski definition) is 2. The Kier molecular flexibility index (Phi) is 4.56. The zero-order valence-corrected chi connectivity index (χ0v) is 15.3. The number of pyridine rings is 1. The summed E-state index contributed by atoms with van der Waals surface area (Å²) >= 11 is 1.61. The van der Waals surface area contributed by atoms with Gasteiger partial charge in [0.15, 0.2) is 0 Å². The second kappa shape index (κ2) is 7.17. The molecule has 0 aliphatic heterocycles. The Morgan fingerprint density at radius 2 is 1.85 bits per heavy atom. The maximum Gasteiger partial charge on any atom is 0.248 e. The van der Waals surface area contributed by atoms with Crippen molar-refractivity contribution in [1.29, 1.82) is 0 Å². The summed E-state index contributed by atoms with van der Waals surface area (Å²) in [5.41, 5.74) is 14.7. The SMILES string of the molecule is NC(=O)c1ccc2c(Sc3ccccc3N)cn(Cc3ccccn3)c2c1. The molecule has 6 heteroatoms. The van der Waals surface area contributed by atoms with E-state index in [9.17, 15) is 4.79 Å². The van der Waals surface area contributed by atoms with Crippen LogP contribution in [0.5, 0.6) is 0 Å². The Balaban J connectivity index is 1.82. The summed E-state index contributed by atoms with van der Waals surface area (Å²) in [7, 11) is 0. The molecule has 2 aromatic carbocycles. The Hall–Kier alpha value is -3.25. The van der Waals surface area contributed by atoms with Crippen molar-refractivity contribution >= 4 is 34.3 Å². The lowest BCUT2D eigenvalue weighted by Crippen LogP contribution is -2.10. The first-order valence-corrected chi connectivity index (χ1v) is 9.28. The van der Waals surface area contributed by atoms with Gasteiger partial charge in [0.1, 0.15) is 0 Å². The molecule has 4 N–H and O–H groups in total. The summed E-state index contributed by atoms with van der Waals surface area (Å²) < 4.78 is 2.09. The summed E-state index contributed by atoms with van der Waals surface area (Å²) in [6, 6.07) is 19.1. The Morgan fingerprint density at radius 3 is 2.59 bits per heavy atom. The van der Waals surface area contributed by atoms with Crippen LogP contribution in [0.3, 0.4) is 0 Å². The van der Waals surface area contributed by atoms with Crippen LogP contribution in [0.2, 0.25) is 0 Å². The minimum absolute atomic E-state index is 0.441. The molecule has 4 rings (SSSR count). The maximum atomic E-state index is 11.6. The van der Waals surface area contributed by atoms with Crippen LogP contribution < -0.4 is 11.5 Å². The predicted molar refractivity (Wildman–Crippen MR) is 109 cm³/mol. The molecule has 0 saturated carbocycles. The summed E-state index contributed by atoms with van der Waals surface area (Å²) in [4.78, 5) is 18.1. The molecule has 0 fully saturated rings. The van der Waals surface area contributed by atoms with Gasteiger partial charge in [-0.3, -0.25) is 9.78 Å². The number of nitrogens with two attached hydrogens (primary N) is 2. The van der Waals surface area contributed by atoms with Crippen LogP contribution in [0.15, 0.2) is 82.8 Å². The molecule has 27 heavy (non-hydrogen) atoms. The molecule has 0 unspecified atom stereocenters. The highest BCUT2D eigenvalue weighted by Gasteiger charge is 2.14. The number of carbonyl (C=O) groups is 1. The van der Waals surface area contributed by atoms with Crippen molar-refractivity contribution in [1.82, 2.24) is 9.55 Å². The van der Waals surface area contributed by atoms with E-state index in [0.29, 0.717) is 12.1 Å². The molecule has 134 valence electrons. The van der Waals surface area contributed by atoms with E-state index in [-0.39, 0.29) is 0 Å². The fourth-order valence-corrected chi connectivity index (χ4v) is 4.01. The first-order chi connectivity index (χ1) is 13.1. The third kappa shape index (κ3) is 3.52. The first kappa shape index (κ1) is 17.2. The molecule has 0 radical (unpaired) electrons. The Bertz CT molecular complexity index is 1120. The largest absolute Gasteiger partial charge is 0.398 e. The molecule has 2 aromatic heterocycles. The Morgan fingerprint density at radius 1 is 1.04 bits per heavy atom. The number of anilines is 1. The molecule has 0 aliphatic carbocycles. The van der Waals surface area contributed by atoms with Gasteiger partial charge in [-0.05, 0) is 36.4 Å². The normalized spacial score (nSPS) is 11.0. The van der Waals surface area contributed by atoms with Crippen LogP contribution in [-0.4, -0.2) is 15.5 Å². The number of carbonyl (C=O) groups excluding carboxylic acids is 1. The van der Waals surface area contributed by atoms with E-state index in [1.807, 2.05) is 54.6 Å². The number of primary amides is 1. The minimum atomic E-state index is -0.441. The minimum Gasteiger partial charge on any atom is -0.398 e. The van der Waals surface area contributed by atoms with Crippen LogP contribution in [0.25, 0.3) is 10.9 Å². The summed E-state index contributed by atoms with van der Waals surface area (Å²) in [5.74, 6) is -0.441. The zero-order chi connectivity index (χ0) is 18.8. The third-order valence-electron chi connectivity index (χ3n) is 4.33. The van der Waals surface area contributed by atoms with E-state index in [1.54, 1.807) is 24.0 Å². The van der Waals surface area contributed by atoms with Gasteiger partial charge in [-0.25, -0.2) is 0 Å². The lowest BCUT2D eigenvalue weighted by molar-refractivity contribution is 0.100. The Labute approximate surface area is 161 Å². The number of benzene rings is 2. The topological polar surface area (TPSA) is 86.9 Å². The third-order valence-corrected chi connectivity index (χ3v) is 5.46. The van der Waals surface area contributed by atoms with Crippen molar-refractivity contribution in [2.45, 2.75) is 16.3 Å². The lowest BCUT2D eigenvalue weighted by atomic mass is 10.1.